The minimum absolute atomic E-state index is 0.0408. The zero-order valence-electron chi connectivity index (χ0n) is 19.8. The fourth-order valence-corrected chi connectivity index (χ4v) is 4.58. The largest absolute Gasteiger partial charge is 0.346 e. The fourth-order valence-electron chi connectivity index (χ4n) is 3.47. The molecule has 0 aromatic heterocycles. The van der Waals surface area contributed by atoms with Crippen LogP contribution in [0, 0.1) is 5.82 Å². The van der Waals surface area contributed by atoms with E-state index in [-0.39, 0.29) is 24.2 Å². The minimum Gasteiger partial charge on any atom is -0.346 e. The van der Waals surface area contributed by atoms with Crippen molar-refractivity contribution in [2.45, 2.75) is 32.9 Å². The number of anilines is 1. The second kappa shape index (κ2) is 10.8. The van der Waals surface area contributed by atoms with E-state index in [0.717, 1.165) is 20.6 Å². The topological polar surface area (TPSA) is 69.7 Å². The highest BCUT2D eigenvalue weighted by Gasteiger charge is 2.27. The Bertz CT molecular complexity index is 1230. The van der Waals surface area contributed by atoms with E-state index < -0.39 is 16.0 Å². The van der Waals surface area contributed by atoms with E-state index in [9.17, 15) is 17.6 Å². The Morgan fingerprint density at radius 1 is 0.941 bits per heavy atom. The van der Waals surface area contributed by atoms with Crippen molar-refractivity contribution in [3.05, 3.63) is 101 Å². The van der Waals surface area contributed by atoms with Gasteiger partial charge in [-0.15, -0.1) is 0 Å². The first-order chi connectivity index (χ1) is 16.1. The summed E-state index contributed by atoms with van der Waals surface area (Å²) in [7, 11) is -1.15. The summed E-state index contributed by atoms with van der Waals surface area (Å²) in [4.78, 5) is 12.7. The van der Waals surface area contributed by atoms with Gasteiger partial charge in [0.2, 0.25) is 0 Å². The molecule has 3 rings (SSSR count). The number of aryl methyl sites for hydroxylation is 1. The molecule has 0 aliphatic heterocycles. The highest BCUT2D eigenvalue weighted by molar-refractivity contribution is 7.90. The number of amides is 1. The summed E-state index contributed by atoms with van der Waals surface area (Å²) in [5, 5.41) is 2.98. The molecule has 0 unspecified atom stereocenters. The Kier molecular flexibility index (Phi) is 8.06. The van der Waals surface area contributed by atoms with Gasteiger partial charge in [-0.1, -0.05) is 55.5 Å². The molecule has 0 bridgehead atoms. The van der Waals surface area contributed by atoms with Gasteiger partial charge < -0.3 is 5.32 Å². The zero-order valence-corrected chi connectivity index (χ0v) is 20.6. The molecule has 0 saturated carbocycles. The average Bonchev–Trinajstić information content (AvgIpc) is 2.83. The molecule has 1 atom stereocenters. The van der Waals surface area contributed by atoms with Crippen LogP contribution in [0.2, 0.25) is 0 Å². The van der Waals surface area contributed by atoms with Gasteiger partial charge in [0.25, 0.3) is 5.91 Å². The minimum atomic E-state index is -3.94. The summed E-state index contributed by atoms with van der Waals surface area (Å²) in [5.41, 5.74) is 3.28. The summed E-state index contributed by atoms with van der Waals surface area (Å²) in [5.74, 6) is -0.865. The third-order valence-electron chi connectivity index (χ3n) is 5.64. The number of hydrogen-bond donors (Lipinski definition) is 1. The molecule has 3 aromatic carbocycles. The first-order valence-corrected chi connectivity index (χ1v) is 12.5. The summed E-state index contributed by atoms with van der Waals surface area (Å²) in [6, 6.07) is 20.3. The lowest BCUT2D eigenvalue weighted by molar-refractivity contribution is 0.0940. The summed E-state index contributed by atoms with van der Waals surface area (Å²) in [6.45, 7) is 3.94. The van der Waals surface area contributed by atoms with Gasteiger partial charge in [0.1, 0.15) is 5.82 Å². The zero-order chi connectivity index (χ0) is 24.9. The van der Waals surface area contributed by atoms with Gasteiger partial charge in [-0.3, -0.25) is 9.10 Å². The van der Waals surface area contributed by atoms with E-state index in [2.05, 4.69) is 24.4 Å². The standard InChI is InChI=1S/C26H30FN3O3S/c1-5-20-10-14-22(15-11-20)19(2)28-26(31)23-16-12-21(13-17-23)18-30(34(32,33)29(3)4)25-9-7-6-8-24(25)27/h6-17,19H,5,18H2,1-4H3,(H,28,31)/t19-/m0/s1. The molecule has 3 aromatic rings. The molecule has 1 N–H and O–H groups in total. The van der Waals surface area contributed by atoms with Crippen molar-refractivity contribution in [2.24, 2.45) is 0 Å². The Balaban J connectivity index is 1.76. The van der Waals surface area contributed by atoms with E-state index in [1.807, 2.05) is 19.1 Å². The van der Waals surface area contributed by atoms with Gasteiger partial charge in [0, 0.05) is 19.7 Å². The van der Waals surface area contributed by atoms with Crippen molar-refractivity contribution in [3.63, 3.8) is 0 Å². The Morgan fingerprint density at radius 3 is 2.09 bits per heavy atom. The number of carbonyl (C=O) groups is 1. The van der Waals surface area contributed by atoms with Crippen LogP contribution in [0.25, 0.3) is 0 Å². The number of hydrogen-bond acceptors (Lipinski definition) is 3. The number of nitrogens with zero attached hydrogens (tertiary/aromatic N) is 2. The van der Waals surface area contributed by atoms with Crippen molar-refractivity contribution in [3.8, 4) is 0 Å². The molecule has 1 amide bonds. The van der Waals surface area contributed by atoms with Crippen molar-refractivity contribution in [1.29, 1.82) is 0 Å². The number of halogens is 1. The normalized spacial score (nSPS) is 12.4. The average molecular weight is 484 g/mol. The fraction of sp³-hybridized carbons (Fsp3) is 0.269. The third kappa shape index (κ3) is 5.81. The monoisotopic (exact) mass is 483 g/mol. The van der Waals surface area contributed by atoms with Gasteiger partial charge in [-0.05, 0) is 54.3 Å². The number of rotatable bonds is 9. The van der Waals surface area contributed by atoms with Gasteiger partial charge in [0.15, 0.2) is 0 Å². The van der Waals surface area contributed by atoms with Gasteiger partial charge in [-0.2, -0.15) is 12.7 Å². The molecule has 0 aliphatic rings. The quantitative estimate of drug-likeness (QED) is 0.480. The van der Waals surface area contributed by atoms with Crippen LogP contribution in [0.4, 0.5) is 10.1 Å². The van der Waals surface area contributed by atoms with E-state index in [4.69, 9.17) is 0 Å². The predicted molar refractivity (Wildman–Crippen MR) is 133 cm³/mol. The van der Waals surface area contributed by atoms with Gasteiger partial charge >= 0.3 is 10.2 Å². The van der Waals surface area contributed by atoms with Crippen molar-refractivity contribution in [2.75, 3.05) is 18.4 Å². The highest BCUT2D eigenvalue weighted by Crippen LogP contribution is 2.25. The molecular formula is C26H30FN3O3S. The van der Waals surface area contributed by atoms with E-state index >= 15 is 0 Å². The molecule has 0 heterocycles. The van der Waals surface area contributed by atoms with Crippen LogP contribution in [0.3, 0.4) is 0 Å². The summed E-state index contributed by atoms with van der Waals surface area (Å²) < 4.78 is 42.2. The lowest BCUT2D eigenvalue weighted by atomic mass is 10.0. The molecule has 8 heteroatoms. The van der Waals surface area contributed by atoms with Crippen LogP contribution >= 0.6 is 0 Å². The second-order valence-corrected chi connectivity index (χ2v) is 10.3. The second-order valence-electron chi connectivity index (χ2n) is 8.24. The van der Waals surface area contributed by atoms with Crippen LogP contribution in [0.15, 0.2) is 72.8 Å². The van der Waals surface area contributed by atoms with Crippen LogP contribution < -0.4 is 9.62 Å². The lowest BCUT2D eigenvalue weighted by Gasteiger charge is -2.27. The third-order valence-corrected chi connectivity index (χ3v) is 7.44. The number of benzene rings is 3. The number of nitrogens with one attached hydrogen (secondary N) is 1. The molecule has 0 fully saturated rings. The first-order valence-electron chi connectivity index (χ1n) is 11.1. The molecule has 0 spiro atoms. The highest BCUT2D eigenvalue weighted by atomic mass is 32.2. The van der Waals surface area contributed by atoms with Crippen molar-refractivity contribution >= 4 is 21.8 Å². The van der Waals surface area contributed by atoms with E-state index in [1.54, 1.807) is 30.3 Å². The first kappa shape index (κ1) is 25.4. The molecule has 0 radical (unpaired) electrons. The van der Waals surface area contributed by atoms with Gasteiger partial charge in [-0.25, -0.2) is 4.39 Å². The van der Waals surface area contributed by atoms with Crippen LogP contribution in [0.1, 0.15) is 46.9 Å². The van der Waals surface area contributed by atoms with Crippen LogP contribution in [-0.4, -0.2) is 32.7 Å². The van der Waals surface area contributed by atoms with E-state index in [1.165, 1.54) is 37.9 Å². The molecular weight excluding hydrogens is 453 g/mol. The smallest absolute Gasteiger partial charge is 0.303 e. The Labute approximate surface area is 201 Å². The van der Waals surface area contributed by atoms with Crippen LogP contribution in [-0.2, 0) is 23.2 Å². The summed E-state index contributed by atoms with van der Waals surface area (Å²) in [6.07, 6.45) is 0.956. The molecule has 34 heavy (non-hydrogen) atoms. The van der Waals surface area contributed by atoms with Crippen LogP contribution in [0.5, 0.6) is 0 Å². The molecule has 0 saturated heterocycles. The molecule has 6 nitrogen and oxygen atoms in total. The van der Waals surface area contributed by atoms with E-state index in [0.29, 0.717) is 11.1 Å². The number of carbonyl (C=O) groups excluding carboxylic acids is 1. The van der Waals surface area contributed by atoms with Gasteiger partial charge in [0.05, 0.1) is 18.3 Å². The maximum Gasteiger partial charge on any atom is 0.303 e. The van der Waals surface area contributed by atoms with Crippen molar-refractivity contribution < 1.29 is 17.6 Å². The predicted octanol–water partition coefficient (Wildman–Crippen LogP) is 4.69. The SMILES string of the molecule is CCc1ccc([C@H](C)NC(=O)c2ccc(CN(c3ccccc3F)S(=O)(=O)N(C)C)cc2)cc1. The Hall–Kier alpha value is -3.23. The lowest BCUT2D eigenvalue weighted by Crippen LogP contribution is -2.40. The molecule has 0 aliphatic carbocycles. The maximum atomic E-state index is 14.4. The number of para-hydroxylation sites is 1. The summed E-state index contributed by atoms with van der Waals surface area (Å²) >= 11 is 0. The Morgan fingerprint density at radius 2 is 1.53 bits per heavy atom. The molecule has 180 valence electrons. The maximum absolute atomic E-state index is 14.4. The van der Waals surface area contributed by atoms with Crippen molar-refractivity contribution in [1.82, 2.24) is 9.62 Å².